The van der Waals surface area contributed by atoms with Crippen LogP contribution in [-0.4, -0.2) is 28.1 Å². The lowest BCUT2D eigenvalue weighted by atomic mass is 10.0. The summed E-state index contributed by atoms with van der Waals surface area (Å²) in [6.07, 6.45) is 2.75. The van der Waals surface area contributed by atoms with Gasteiger partial charge in [-0.3, -0.25) is 4.98 Å². The number of hydrogen-bond donors (Lipinski definition) is 2. The minimum atomic E-state index is -0.0836. The van der Waals surface area contributed by atoms with Crippen LogP contribution in [0.2, 0.25) is 0 Å². The Morgan fingerprint density at radius 3 is 2.53 bits per heavy atom. The van der Waals surface area contributed by atoms with Crippen molar-refractivity contribution < 1.29 is 4.42 Å². The number of rotatable bonds is 8. The second-order valence-corrected chi connectivity index (χ2v) is 9.48. The average molecular weight is 533 g/mol. The number of thiocarbonyl (C=S) groups is 1. The molecule has 0 radical (unpaired) electrons. The first-order chi connectivity index (χ1) is 16.7. The maximum atomic E-state index is 6.40. The fourth-order valence-electron chi connectivity index (χ4n) is 4.27. The van der Waals surface area contributed by atoms with E-state index in [-0.39, 0.29) is 12.1 Å². The van der Waals surface area contributed by atoms with Crippen molar-refractivity contribution >= 4 is 38.9 Å². The van der Waals surface area contributed by atoms with E-state index in [0.717, 1.165) is 57.6 Å². The molecule has 1 fully saturated rings. The summed E-state index contributed by atoms with van der Waals surface area (Å²) in [5.74, 6) is 1.71. The molecule has 0 bridgehead atoms. The Labute approximate surface area is 213 Å². The summed E-state index contributed by atoms with van der Waals surface area (Å²) in [5.41, 5.74) is 3.11. The first-order valence-corrected chi connectivity index (χ1v) is 12.5. The van der Waals surface area contributed by atoms with Crippen molar-refractivity contribution in [1.29, 1.82) is 0 Å². The Balaban J connectivity index is 1.37. The molecule has 0 aliphatic carbocycles. The van der Waals surface area contributed by atoms with Crippen LogP contribution in [0.4, 0.5) is 5.69 Å². The summed E-state index contributed by atoms with van der Waals surface area (Å²) in [5, 5.41) is 7.70. The lowest BCUT2D eigenvalue weighted by molar-refractivity contribution is 0.274. The Morgan fingerprint density at radius 2 is 1.76 bits per heavy atom. The van der Waals surface area contributed by atoms with E-state index >= 15 is 0 Å². The van der Waals surface area contributed by atoms with E-state index in [2.05, 4.69) is 54.6 Å². The van der Waals surface area contributed by atoms with Crippen molar-refractivity contribution in [3.8, 4) is 11.3 Å². The zero-order valence-electron chi connectivity index (χ0n) is 18.5. The summed E-state index contributed by atoms with van der Waals surface area (Å²) in [6, 6.07) is 28.3. The zero-order valence-corrected chi connectivity index (χ0v) is 20.9. The maximum absolute atomic E-state index is 6.40. The molecule has 0 unspecified atom stereocenters. The molecule has 5 nitrogen and oxygen atoms in total. The molecule has 34 heavy (non-hydrogen) atoms. The Bertz CT molecular complexity index is 1230. The van der Waals surface area contributed by atoms with Gasteiger partial charge in [0.05, 0.1) is 11.7 Å². The SMILES string of the molecule is S=C1N[C@@H](c2ccccn2)[C@H](c2ccc(-c3ccc(Br)cc3)o2)N1CCCNc1ccccc1. The van der Waals surface area contributed by atoms with Gasteiger partial charge in [0.15, 0.2) is 5.11 Å². The van der Waals surface area contributed by atoms with Crippen LogP contribution < -0.4 is 10.6 Å². The van der Waals surface area contributed by atoms with E-state index in [9.17, 15) is 0 Å². The standard InChI is InChI=1S/C27H25BrN4OS/c28-20-12-10-19(11-13-20)23-14-15-24(33-23)26-25(22-9-4-5-16-30-22)31-27(34)32(26)18-6-17-29-21-7-2-1-3-8-21/h1-5,7-16,25-26,29H,6,17-18H2,(H,31,34)/t25-,26-/m0/s1. The number of anilines is 1. The molecule has 172 valence electrons. The van der Waals surface area contributed by atoms with Crippen LogP contribution in [-0.2, 0) is 0 Å². The fourth-order valence-corrected chi connectivity index (χ4v) is 4.87. The Hall–Kier alpha value is -3.16. The molecule has 5 rings (SSSR count). The van der Waals surface area contributed by atoms with E-state index in [4.69, 9.17) is 16.6 Å². The number of aromatic nitrogens is 1. The molecule has 2 atom stereocenters. The van der Waals surface area contributed by atoms with Gasteiger partial charge >= 0.3 is 0 Å². The molecule has 2 aromatic heterocycles. The van der Waals surface area contributed by atoms with Gasteiger partial charge in [-0.25, -0.2) is 0 Å². The minimum Gasteiger partial charge on any atom is -0.459 e. The highest BCUT2D eigenvalue weighted by atomic mass is 79.9. The van der Waals surface area contributed by atoms with Gasteiger partial charge in [0, 0.05) is 35.0 Å². The molecule has 2 N–H and O–H groups in total. The third-order valence-corrected chi connectivity index (χ3v) is 6.80. The van der Waals surface area contributed by atoms with Crippen molar-refractivity contribution in [1.82, 2.24) is 15.2 Å². The van der Waals surface area contributed by atoms with Crippen LogP contribution in [0.3, 0.4) is 0 Å². The molecule has 0 spiro atoms. The molecule has 1 aliphatic rings. The quantitative estimate of drug-likeness (QED) is 0.197. The topological polar surface area (TPSA) is 53.3 Å². The van der Waals surface area contributed by atoms with Gasteiger partial charge < -0.3 is 20.0 Å². The lowest BCUT2D eigenvalue weighted by Gasteiger charge is -2.26. The Morgan fingerprint density at radius 1 is 0.971 bits per heavy atom. The molecule has 0 amide bonds. The molecule has 3 heterocycles. The van der Waals surface area contributed by atoms with Gasteiger partial charge in [-0.15, -0.1) is 0 Å². The van der Waals surface area contributed by atoms with Crippen molar-refractivity contribution in [2.75, 3.05) is 18.4 Å². The maximum Gasteiger partial charge on any atom is 0.170 e. The van der Waals surface area contributed by atoms with E-state index < -0.39 is 0 Å². The minimum absolute atomic E-state index is 0.0803. The third-order valence-electron chi connectivity index (χ3n) is 5.92. The molecule has 1 saturated heterocycles. The van der Waals surface area contributed by atoms with Gasteiger partial charge in [0.2, 0.25) is 0 Å². The summed E-state index contributed by atoms with van der Waals surface area (Å²) in [6.45, 7) is 1.65. The molecule has 0 saturated carbocycles. The number of halogens is 1. The summed E-state index contributed by atoms with van der Waals surface area (Å²) in [4.78, 5) is 6.84. The van der Waals surface area contributed by atoms with Crippen LogP contribution in [0, 0.1) is 0 Å². The number of hydrogen-bond acceptors (Lipinski definition) is 4. The van der Waals surface area contributed by atoms with E-state index in [1.54, 1.807) is 0 Å². The largest absolute Gasteiger partial charge is 0.459 e. The first kappa shape index (κ1) is 22.6. The summed E-state index contributed by atoms with van der Waals surface area (Å²) < 4.78 is 7.44. The normalized spacial score (nSPS) is 17.6. The average Bonchev–Trinajstić information content (AvgIpc) is 3.48. The fraction of sp³-hybridized carbons (Fsp3) is 0.185. The van der Waals surface area contributed by atoms with Crippen LogP contribution in [0.5, 0.6) is 0 Å². The van der Waals surface area contributed by atoms with Crippen LogP contribution in [0.1, 0.15) is 30.0 Å². The molecular weight excluding hydrogens is 508 g/mol. The highest BCUT2D eigenvalue weighted by Gasteiger charge is 2.41. The van der Waals surface area contributed by atoms with E-state index in [1.165, 1.54) is 0 Å². The molecule has 1 aliphatic heterocycles. The van der Waals surface area contributed by atoms with Crippen LogP contribution in [0.25, 0.3) is 11.3 Å². The van der Waals surface area contributed by atoms with E-state index in [1.807, 2.05) is 72.9 Å². The van der Waals surface area contributed by atoms with Crippen LogP contribution in [0.15, 0.2) is 100 Å². The first-order valence-electron chi connectivity index (χ1n) is 11.3. The molecule has 4 aromatic rings. The van der Waals surface area contributed by atoms with Crippen molar-refractivity contribution in [3.05, 3.63) is 107 Å². The van der Waals surface area contributed by atoms with Gasteiger partial charge in [-0.05, 0) is 67.2 Å². The Kier molecular flexibility index (Phi) is 6.92. The summed E-state index contributed by atoms with van der Waals surface area (Å²) >= 11 is 9.27. The number of para-hydroxylation sites is 1. The number of nitrogens with zero attached hydrogens (tertiary/aromatic N) is 2. The number of benzene rings is 2. The number of pyridine rings is 1. The second kappa shape index (κ2) is 10.4. The molecular formula is C27H25BrN4OS. The van der Waals surface area contributed by atoms with Gasteiger partial charge in [-0.1, -0.05) is 52.3 Å². The summed E-state index contributed by atoms with van der Waals surface area (Å²) in [7, 11) is 0. The third kappa shape index (κ3) is 5.00. The number of furan rings is 1. The van der Waals surface area contributed by atoms with Crippen molar-refractivity contribution in [3.63, 3.8) is 0 Å². The highest BCUT2D eigenvalue weighted by Crippen LogP contribution is 2.40. The van der Waals surface area contributed by atoms with Gasteiger partial charge in [-0.2, -0.15) is 0 Å². The predicted octanol–water partition coefficient (Wildman–Crippen LogP) is 6.58. The molecule has 7 heteroatoms. The molecule has 2 aromatic carbocycles. The van der Waals surface area contributed by atoms with Gasteiger partial charge in [0.25, 0.3) is 0 Å². The van der Waals surface area contributed by atoms with Crippen LogP contribution >= 0.6 is 28.1 Å². The zero-order chi connectivity index (χ0) is 23.3. The second-order valence-electron chi connectivity index (χ2n) is 8.18. The van der Waals surface area contributed by atoms with Gasteiger partial charge in [0.1, 0.15) is 17.6 Å². The smallest absolute Gasteiger partial charge is 0.170 e. The van der Waals surface area contributed by atoms with Crippen molar-refractivity contribution in [2.45, 2.75) is 18.5 Å². The lowest BCUT2D eigenvalue weighted by Crippen LogP contribution is -2.31. The highest BCUT2D eigenvalue weighted by molar-refractivity contribution is 9.10. The van der Waals surface area contributed by atoms with Crippen molar-refractivity contribution in [2.24, 2.45) is 0 Å². The predicted molar refractivity (Wildman–Crippen MR) is 144 cm³/mol. The monoisotopic (exact) mass is 532 g/mol. The van der Waals surface area contributed by atoms with E-state index in [0.29, 0.717) is 0 Å². The number of nitrogens with one attached hydrogen (secondary N) is 2.